The lowest BCUT2D eigenvalue weighted by Crippen LogP contribution is -2.21. The molecule has 0 atom stereocenters. The van der Waals surface area contributed by atoms with Crippen molar-refractivity contribution in [2.24, 2.45) is 0 Å². The maximum absolute atomic E-state index is 9.47. The molecule has 0 aliphatic carbocycles. The van der Waals surface area contributed by atoms with E-state index < -0.39 is 0 Å². The Bertz CT molecular complexity index is 142. The van der Waals surface area contributed by atoms with Crippen molar-refractivity contribution >= 4 is 0 Å². The van der Waals surface area contributed by atoms with E-state index in [4.69, 9.17) is 0 Å². The molecule has 78 valence electrons. The number of hydrogen-bond acceptors (Lipinski definition) is 3. The highest BCUT2D eigenvalue weighted by atomic mass is 16.3. The van der Waals surface area contributed by atoms with Crippen LogP contribution in [-0.2, 0) is 0 Å². The summed E-state index contributed by atoms with van der Waals surface area (Å²) in [5.74, 6) is 0.414. The Morgan fingerprint density at radius 2 is 1.92 bits per heavy atom. The maximum Gasteiger partial charge on any atom is 0.122 e. The van der Waals surface area contributed by atoms with Gasteiger partial charge in [-0.3, -0.25) is 0 Å². The molecule has 0 unspecified atom stereocenters. The Hall–Kier alpha value is -0.700. The third-order valence-corrected chi connectivity index (χ3v) is 1.88. The van der Waals surface area contributed by atoms with Gasteiger partial charge < -0.3 is 15.3 Å². The monoisotopic (exact) mass is 186 g/mol. The van der Waals surface area contributed by atoms with E-state index in [-0.39, 0.29) is 0 Å². The predicted molar refractivity (Wildman–Crippen MR) is 56.8 cm³/mol. The summed E-state index contributed by atoms with van der Waals surface area (Å²) in [5, 5.41) is 12.6. The van der Waals surface area contributed by atoms with Gasteiger partial charge in [-0.2, -0.15) is 0 Å². The molecule has 0 heterocycles. The Kier molecular flexibility index (Phi) is 7.50. The molecular formula is C10H22N2O. The van der Waals surface area contributed by atoms with E-state index in [2.05, 4.69) is 31.0 Å². The van der Waals surface area contributed by atoms with Gasteiger partial charge in [0.05, 0.1) is 6.54 Å². The van der Waals surface area contributed by atoms with Crippen molar-refractivity contribution in [3.05, 3.63) is 12.0 Å². The lowest BCUT2D eigenvalue weighted by molar-refractivity contribution is 0.343. The molecule has 3 nitrogen and oxygen atoms in total. The highest BCUT2D eigenvalue weighted by Gasteiger charge is 1.96. The van der Waals surface area contributed by atoms with Gasteiger partial charge in [-0.1, -0.05) is 6.92 Å². The number of hydrogen-bond donors (Lipinski definition) is 2. The van der Waals surface area contributed by atoms with Crippen molar-refractivity contribution in [1.29, 1.82) is 0 Å². The summed E-state index contributed by atoms with van der Waals surface area (Å²) in [6.07, 6.45) is 2.90. The van der Waals surface area contributed by atoms with E-state index in [1.165, 1.54) is 0 Å². The zero-order valence-corrected chi connectivity index (χ0v) is 9.01. The lowest BCUT2D eigenvalue weighted by Gasteiger charge is -2.15. The van der Waals surface area contributed by atoms with Gasteiger partial charge in [-0.05, 0) is 26.8 Å². The van der Waals surface area contributed by atoms with Crippen molar-refractivity contribution in [1.82, 2.24) is 10.2 Å². The molecule has 0 aliphatic rings. The number of nitrogens with zero attached hydrogens (tertiary/aromatic N) is 1. The van der Waals surface area contributed by atoms with Crippen molar-refractivity contribution in [3.63, 3.8) is 0 Å². The fourth-order valence-corrected chi connectivity index (χ4v) is 1.06. The topological polar surface area (TPSA) is 35.5 Å². The SMILES string of the molecule is CCCNCC(O)=CN(CC)CC. The summed E-state index contributed by atoms with van der Waals surface area (Å²) in [7, 11) is 0. The van der Waals surface area contributed by atoms with Gasteiger partial charge in [0.15, 0.2) is 0 Å². The molecule has 0 bridgehead atoms. The van der Waals surface area contributed by atoms with Crippen LogP contribution in [0.1, 0.15) is 27.2 Å². The first-order chi connectivity index (χ1) is 6.24. The second kappa shape index (κ2) is 7.92. The van der Waals surface area contributed by atoms with Crippen LogP contribution in [0.2, 0.25) is 0 Å². The van der Waals surface area contributed by atoms with Crippen molar-refractivity contribution in [2.45, 2.75) is 27.2 Å². The van der Waals surface area contributed by atoms with E-state index >= 15 is 0 Å². The molecule has 2 N–H and O–H groups in total. The van der Waals surface area contributed by atoms with Crippen molar-refractivity contribution < 1.29 is 5.11 Å². The van der Waals surface area contributed by atoms with E-state index in [0.717, 1.165) is 26.1 Å². The third-order valence-electron chi connectivity index (χ3n) is 1.88. The molecule has 0 saturated heterocycles. The van der Waals surface area contributed by atoms with Crippen LogP contribution >= 0.6 is 0 Å². The van der Waals surface area contributed by atoms with Crippen LogP contribution < -0.4 is 5.32 Å². The van der Waals surface area contributed by atoms with Gasteiger partial charge in [0.2, 0.25) is 0 Å². The van der Waals surface area contributed by atoms with E-state index in [0.29, 0.717) is 12.3 Å². The van der Waals surface area contributed by atoms with Gasteiger partial charge in [0, 0.05) is 19.3 Å². The molecule has 0 amide bonds. The van der Waals surface area contributed by atoms with E-state index in [1.54, 1.807) is 0 Å². The summed E-state index contributed by atoms with van der Waals surface area (Å²) in [6, 6.07) is 0. The largest absolute Gasteiger partial charge is 0.509 e. The Labute approximate surface area is 81.4 Å². The predicted octanol–water partition coefficient (Wildman–Crippen LogP) is 1.73. The number of aliphatic hydroxyl groups is 1. The van der Waals surface area contributed by atoms with Crippen LogP contribution in [0, 0.1) is 0 Å². The highest BCUT2D eigenvalue weighted by Crippen LogP contribution is 1.93. The van der Waals surface area contributed by atoms with Gasteiger partial charge in [0.1, 0.15) is 5.76 Å². The van der Waals surface area contributed by atoms with Crippen LogP contribution in [-0.4, -0.2) is 36.2 Å². The van der Waals surface area contributed by atoms with Gasteiger partial charge in [0.25, 0.3) is 0 Å². The molecule has 0 spiro atoms. The highest BCUT2D eigenvalue weighted by molar-refractivity contribution is 4.92. The Morgan fingerprint density at radius 3 is 2.38 bits per heavy atom. The standard InChI is InChI=1S/C10H22N2O/c1-4-7-11-8-10(13)9-12(5-2)6-3/h9,11,13H,4-8H2,1-3H3. The van der Waals surface area contributed by atoms with Crippen molar-refractivity contribution in [2.75, 3.05) is 26.2 Å². The zero-order chi connectivity index (χ0) is 10.1. The summed E-state index contributed by atoms with van der Waals surface area (Å²) >= 11 is 0. The molecule has 3 heteroatoms. The fraction of sp³-hybridized carbons (Fsp3) is 0.800. The third kappa shape index (κ3) is 6.46. The summed E-state index contributed by atoms with van der Waals surface area (Å²) < 4.78 is 0. The average Bonchev–Trinajstić information content (AvgIpc) is 2.14. The summed E-state index contributed by atoms with van der Waals surface area (Å²) in [4.78, 5) is 2.07. The minimum Gasteiger partial charge on any atom is -0.509 e. The molecule has 0 aromatic heterocycles. The van der Waals surface area contributed by atoms with Gasteiger partial charge >= 0.3 is 0 Å². The minimum absolute atomic E-state index is 0.414. The smallest absolute Gasteiger partial charge is 0.122 e. The molecule has 0 aromatic rings. The molecule has 0 fully saturated rings. The normalized spacial score (nSPS) is 11.8. The Balaban J connectivity index is 3.71. The molecule has 0 radical (unpaired) electrons. The second-order valence-electron chi connectivity index (χ2n) is 3.02. The van der Waals surface area contributed by atoms with Gasteiger partial charge in [-0.25, -0.2) is 0 Å². The first-order valence-corrected chi connectivity index (χ1v) is 5.08. The molecule has 13 heavy (non-hydrogen) atoms. The first kappa shape index (κ1) is 12.3. The van der Waals surface area contributed by atoms with Crippen LogP contribution in [0.15, 0.2) is 12.0 Å². The average molecular weight is 186 g/mol. The molecule has 0 aliphatic heterocycles. The maximum atomic E-state index is 9.47. The fourth-order valence-electron chi connectivity index (χ4n) is 1.06. The van der Waals surface area contributed by atoms with Gasteiger partial charge in [-0.15, -0.1) is 0 Å². The molecule has 0 saturated carbocycles. The van der Waals surface area contributed by atoms with Crippen LogP contribution in [0.3, 0.4) is 0 Å². The van der Waals surface area contributed by atoms with Crippen LogP contribution in [0.25, 0.3) is 0 Å². The molecule has 0 rings (SSSR count). The Morgan fingerprint density at radius 1 is 1.31 bits per heavy atom. The zero-order valence-electron chi connectivity index (χ0n) is 9.01. The lowest BCUT2D eigenvalue weighted by atomic mass is 10.4. The van der Waals surface area contributed by atoms with E-state index in [1.807, 2.05) is 6.20 Å². The number of aliphatic hydroxyl groups excluding tert-OH is 1. The van der Waals surface area contributed by atoms with Crippen LogP contribution in [0.4, 0.5) is 0 Å². The van der Waals surface area contributed by atoms with E-state index in [9.17, 15) is 5.11 Å². The first-order valence-electron chi connectivity index (χ1n) is 5.08. The molecular weight excluding hydrogens is 164 g/mol. The minimum atomic E-state index is 0.414. The second-order valence-corrected chi connectivity index (χ2v) is 3.02. The summed E-state index contributed by atoms with van der Waals surface area (Å²) in [5.41, 5.74) is 0. The van der Waals surface area contributed by atoms with Crippen LogP contribution in [0.5, 0.6) is 0 Å². The molecule has 0 aromatic carbocycles. The van der Waals surface area contributed by atoms with Crippen molar-refractivity contribution in [3.8, 4) is 0 Å². The summed E-state index contributed by atoms with van der Waals surface area (Å²) in [6.45, 7) is 9.67. The number of rotatable bonds is 7. The quantitative estimate of drug-likeness (QED) is 0.469. The number of nitrogens with one attached hydrogen (secondary N) is 1.